The van der Waals surface area contributed by atoms with E-state index in [1.54, 1.807) is 24.5 Å². The van der Waals surface area contributed by atoms with Gasteiger partial charge in [-0.25, -0.2) is 0 Å². The first-order valence-electron chi connectivity index (χ1n) is 9.73. The van der Waals surface area contributed by atoms with Gasteiger partial charge in [-0.05, 0) is 55.4 Å². The number of carbonyl (C=O) groups is 2. The number of hydrogen-bond donors (Lipinski definition) is 2. The number of aromatic nitrogens is 2. The molecule has 0 saturated heterocycles. The van der Waals surface area contributed by atoms with Crippen LogP contribution in [0.3, 0.4) is 0 Å². The molecule has 2 aromatic heterocycles. The SMILES string of the molecule is O=C(Nc1cnccc1C1CCCCC1)c1ccnc(C(=O)NC2CC2)c1. The minimum atomic E-state index is -0.247. The van der Waals surface area contributed by atoms with E-state index in [4.69, 9.17) is 0 Å². The lowest BCUT2D eigenvalue weighted by Crippen LogP contribution is -2.26. The maximum Gasteiger partial charge on any atom is 0.270 e. The van der Waals surface area contributed by atoms with Crippen molar-refractivity contribution < 1.29 is 9.59 Å². The van der Waals surface area contributed by atoms with Crippen molar-refractivity contribution in [2.24, 2.45) is 0 Å². The van der Waals surface area contributed by atoms with E-state index in [0.717, 1.165) is 36.9 Å². The number of anilines is 1. The summed E-state index contributed by atoms with van der Waals surface area (Å²) < 4.78 is 0. The topological polar surface area (TPSA) is 84.0 Å². The second-order valence-corrected chi connectivity index (χ2v) is 7.43. The predicted molar refractivity (Wildman–Crippen MR) is 103 cm³/mol. The van der Waals surface area contributed by atoms with Crippen LogP contribution in [-0.4, -0.2) is 27.8 Å². The molecule has 2 heterocycles. The molecule has 2 aliphatic carbocycles. The van der Waals surface area contributed by atoms with Crippen LogP contribution in [0.2, 0.25) is 0 Å². The third-order valence-electron chi connectivity index (χ3n) is 5.32. The Bertz CT molecular complexity index is 842. The molecule has 0 aliphatic heterocycles. The van der Waals surface area contributed by atoms with E-state index in [1.807, 2.05) is 6.07 Å². The normalized spacial score (nSPS) is 17.3. The molecule has 6 heteroatoms. The van der Waals surface area contributed by atoms with Gasteiger partial charge in [0.25, 0.3) is 11.8 Å². The molecule has 2 aromatic rings. The van der Waals surface area contributed by atoms with Gasteiger partial charge in [0.05, 0.1) is 11.9 Å². The van der Waals surface area contributed by atoms with E-state index in [9.17, 15) is 9.59 Å². The summed E-state index contributed by atoms with van der Waals surface area (Å²) >= 11 is 0. The van der Waals surface area contributed by atoms with Crippen LogP contribution >= 0.6 is 0 Å². The lowest BCUT2D eigenvalue weighted by atomic mass is 9.84. The van der Waals surface area contributed by atoms with Crippen LogP contribution < -0.4 is 10.6 Å². The fraction of sp³-hybridized carbons (Fsp3) is 0.429. The van der Waals surface area contributed by atoms with Gasteiger partial charge in [-0.2, -0.15) is 0 Å². The molecular formula is C21H24N4O2. The van der Waals surface area contributed by atoms with Crippen LogP contribution in [0.15, 0.2) is 36.8 Å². The standard InChI is InChI=1S/C21H24N4O2/c26-20(15-8-11-23-18(12-15)21(27)24-16-6-7-16)25-19-13-22-10-9-17(19)14-4-2-1-3-5-14/h8-14,16H,1-7H2,(H,24,27)(H,25,26). The second kappa shape index (κ2) is 7.86. The Morgan fingerprint density at radius 1 is 0.963 bits per heavy atom. The van der Waals surface area contributed by atoms with E-state index in [2.05, 4.69) is 20.6 Å². The van der Waals surface area contributed by atoms with Crippen molar-refractivity contribution in [2.75, 3.05) is 5.32 Å². The summed E-state index contributed by atoms with van der Waals surface area (Å²) in [6, 6.07) is 5.43. The van der Waals surface area contributed by atoms with Crippen molar-refractivity contribution >= 4 is 17.5 Å². The quantitative estimate of drug-likeness (QED) is 0.848. The summed E-state index contributed by atoms with van der Waals surface area (Å²) in [5.74, 6) is -0.00581. The molecule has 6 nitrogen and oxygen atoms in total. The molecule has 140 valence electrons. The van der Waals surface area contributed by atoms with Crippen molar-refractivity contribution in [1.82, 2.24) is 15.3 Å². The summed E-state index contributed by atoms with van der Waals surface area (Å²) in [6.07, 6.45) is 13.0. The van der Waals surface area contributed by atoms with E-state index >= 15 is 0 Å². The Morgan fingerprint density at radius 2 is 1.78 bits per heavy atom. The lowest BCUT2D eigenvalue weighted by Gasteiger charge is -2.24. The summed E-state index contributed by atoms with van der Waals surface area (Å²) in [6.45, 7) is 0. The molecular weight excluding hydrogens is 340 g/mol. The summed E-state index contributed by atoms with van der Waals surface area (Å²) in [5, 5.41) is 5.88. The molecule has 0 bridgehead atoms. The zero-order valence-electron chi connectivity index (χ0n) is 15.3. The number of nitrogens with one attached hydrogen (secondary N) is 2. The zero-order chi connectivity index (χ0) is 18.6. The molecule has 2 aliphatic rings. The van der Waals surface area contributed by atoms with Crippen molar-refractivity contribution in [3.05, 3.63) is 53.6 Å². The van der Waals surface area contributed by atoms with E-state index in [1.165, 1.54) is 25.5 Å². The van der Waals surface area contributed by atoms with Crippen LogP contribution in [0.4, 0.5) is 5.69 Å². The van der Waals surface area contributed by atoms with Gasteiger partial charge in [-0.3, -0.25) is 19.6 Å². The van der Waals surface area contributed by atoms with Gasteiger partial charge in [-0.1, -0.05) is 19.3 Å². The monoisotopic (exact) mass is 364 g/mol. The number of carbonyl (C=O) groups excluding carboxylic acids is 2. The van der Waals surface area contributed by atoms with Crippen LogP contribution in [0.1, 0.15) is 77.3 Å². The van der Waals surface area contributed by atoms with Gasteiger partial charge < -0.3 is 10.6 Å². The molecule has 4 rings (SSSR count). The molecule has 0 radical (unpaired) electrons. The Hall–Kier alpha value is -2.76. The highest BCUT2D eigenvalue weighted by molar-refractivity contribution is 6.06. The number of amides is 2. The molecule has 0 unspecified atom stereocenters. The molecule has 2 fully saturated rings. The first-order chi connectivity index (χ1) is 13.2. The fourth-order valence-electron chi connectivity index (χ4n) is 3.66. The van der Waals surface area contributed by atoms with E-state index in [-0.39, 0.29) is 23.6 Å². The van der Waals surface area contributed by atoms with Crippen molar-refractivity contribution in [1.29, 1.82) is 0 Å². The predicted octanol–water partition coefficient (Wildman–Crippen LogP) is 3.67. The Labute approximate surface area is 158 Å². The number of rotatable bonds is 5. The highest BCUT2D eigenvalue weighted by atomic mass is 16.2. The summed E-state index contributed by atoms with van der Waals surface area (Å²) in [4.78, 5) is 33.2. The van der Waals surface area contributed by atoms with Crippen LogP contribution in [0.5, 0.6) is 0 Å². The minimum absolute atomic E-state index is 0.226. The first-order valence-corrected chi connectivity index (χ1v) is 9.73. The smallest absolute Gasteiger partial charge is 0.270 e. The minimum Gasteiger partial charge on any atom is -0.348 e. The maximum atomic E-state index is 12.8. The Balaban J connectivity index is 1.50. The van der Waals surface area contributed by atoms with Gasteiger partial charge in [-0.15, -0.1) is 0 Å². The van der Waals surface area contributed by atoms with Crippen molar-refractivity contribution in [3.63, 3.8) is 0 Å². The number of nitrogens with zero attached hydrogens (tertiary/aromatic N) is 2. The molecule has 0 aromatic carbocycles. The fourth-order valence-corrected chi connectivity index (χ4v) is 3.66. The highest BCUT2D eigenvalue weighted by Gasteiger charge is 2.25. The van der Waals surface area contributed by atoms with Crippen molar-refractivity contribution in [3.8, 4) is 0 Å². The van der Waals surface area contributed by atoms with Gasteiger partial charge in [0, 0.05) is 24.0 Å². The third kappa shape index (κ3) is 4.32. The van der Waals surface area contributed by atoms with Gasteiger partial charge in [0.2, 0.25) is 0 Å². The molecule has 2 N–H and O–H groups in total. The average Bonchev–Trinajstić information content (AvgIpc) is 3.53. The zero-order valence-corrected chi connectivity index (χ0v) is 15.3. The number of pyridine rings is 2. The second-order valence-electron chi connectivity index (χ2n) is 7.43. The average molecular weight is 364 g/mol. The Morgan fingerprint density at radius 3 is 2.56 bits per heavy atom. The molecule has 27 heavy (non-hydrogen) atoms. The van der Waals surface area contributed by atoms with Crippen molar-refractivity contribution in [2.45, 2.75) is 56.9 Å². The van der Waals surface area contributed by atoms with Crippen LogP contribution in [-0.2, 0) is 0 Å². The molecule has 2 amide bonds. The molecule has 2 saturated carbocycles. The highest BCUT2D eigenvalue weighted by Crippen LogP contribution is 2.36. The van der Waals surface area contributed by atoms with Gasteiger partial charge in [0.15, 0.2) is 0 Å². The lowest BCUT2D eigenvalue weighted by molar-refractivity contribution is 0.0946. The van der Waals surface area contributed by atoms with Gasteiger partial charge in [0.1, 0.15) is 5.69 Å². The number of hydrogen-bond acceptors (Lipinski definition) is 4. The van der Waals surface area contributed by atoms with E-state index in [0.29, 0.717) is 11.5 Å². The van der Waals surface area contributed by atoms with Crippen LogP contribution in [0.25, 0.3) is 0 Å². The summed E-state index contributed by atoms with van der Waals surface area (Å²) in [5.41, 5.74) is 2.60. The third-order valence-corrected chi connectivity index (χ3v) is 5.32. The van der Waals surface area contributed by atoms with Gasteiger partial charge >= 0.3 is 0 Å². The Kier molecular flexibility index (Phi) is 5.14. The molecule has 0 spiro atoms. The first kappa shape index (κ1) is 17.6. The van der Waals surface area contributed by atoms with E-state index < -0.39 is 0 Å². The van der Waals surface area contributed by atoms with Crippen LogP contribution in [0, 0.1) is 0 Å². The summed E-state index contributed by atoms with van der Waals surface area (Å²) in [7, 11) is 0. The molecule has 0 atom stereocenters. The maximum absolute atomic E-state index is 12.8. The largest absolute Gasteiger partial charge is 0.348 e.